The number of hydrogen-bond acceptors (Lipinski definition) is 3. The quantitative estimate of drug-likeness (QED) is 0.555. The van der Waals surface area contributed by atoms with Crippen LogP contribution in [0, 0.1) is 0 Å². The van der Waals surface area contributed by atoms with Crippen LogP contribution in [0.2, 0.25) is 0 Å². The molecular formula is C12H13NO2. The molecule has 78 valence electrons. The van der Waals surface area contributed by atoms with Crippen molar-refractivity contribution in [3.05, 3.63) is 29.8 Å². The maximum absolute atomic E-state index is 10.1. The van der Waals surface area contributed by atoms with Gasteiger partial charge < -0.3 is 4.74 Å². The van der Waals surface area contributed by atoms with E-state index in [0.29, 0.717) is 6.54 Å². The Morgan fingerprint density at radius 1 is 1.40 bits per heavy atom. The van der Waals surface area contributed by atoms with Gasteiger partial charge in [-0.2, -0.15) is 0 Å². The Balaban J connectivity index is 2.18. The van der Waals surface area contributed by atoms with Gasteiger partial charge in [0.1, 0.15) is 5.75 Å². The summed E-state index contributed by atoms with van der Waals surface area (Å²) < 4.78 is 5.10. The number of nitrogens with zero attached hydrogens (tertiary/aromatic N) is 1. The molecule has 0 spiro atoms. The van der Waals surface area contributed by atoms with E-state index in [1.165, 1.54) is 5.56 Å². The van der Waals surface area contributed by atoms with Gasteiger partial charge in [0.15, 0.2) is 0 Å². The highest BCUT2D eigenvalue weighted by molar-refractivity contribution is 5.39. The highest BCUT2D eigenvalue weighted by atomic mass is 16.5. The fourth-order valence-corrected chi connectivity index (χ4v) is 1.82. The van der Waals surface area contributed by atoms with E-state index in [1.807, 2.05) is 24.3 Å². The fraction of sp³-hybridized carbons (Fsp3) is 0.417. The predicted molar refractivity (Wildman–Crippen MR) is 56.9 cm³/mol. The van der Waals surface area contributed by atoms with Gasteiger partial charge in [0, 0.05) is 5.41 Å². The molecule has 0 atom stereocenters. The minimum Gasteiger partial charge on any atom is -0.497 e. The summed E-state index contributed by atoms with van der Waals surface area (Å²) >= 11 is 0. The molecule has 1 aliphatic rings. The first-order chi connectivity index (χ1) is 7.30. The van der Waals surface area contributed by atoms with Gasteiger partial charge in [0.25, 0.3) is 0 Å². The standard InChI is InChI=1S/C12H13NO2/c1-15-11-4-2-10(3-5-11)12(6-7-12)8-13-9-14/h2-5H,6-8H2,1H3. The van der Waals surface area contributed by atoms with Crippen LogP contribution in [-0.4, -0.2) is 19.7 Å². The summed E-state index contributed by atoms with van der Waals surface area (Å²) in [6.07, 6.45) is 3.81. The summed E-state index contributed by atoms with van der Waals surface area (Å²) in [6.45, 7) is 0.558. The summed E-state index contributed by atoms with van der Waals surface area (Å²) in [4.78, 5) is 13.8. The minimum absolute atomic E-state index is 0.101. The Bertz CT molecular complexity index is 387. The Hall–Kier alpha value is -1.60. The lowest BCUT2D eigenvalue weighted by Crippen LogP contribution is -2.10. The van der Waals surface area contributed by atoms with Crippen molar-refractivity contribution < 1.29 is 9.53 Å². The van der Waals surface area contributed by atoms with E-state index in [-0.39, 0.29) is 5.41 Å². The molecule has 0 N–H and O–H groups in total. The maximum Gasteiger partial charge on any atom is 0.234 e. The van der Waals surface area contributed by atoms with Gasteiger partial charge in [-0.3, -0.25) is 0 Å². The molecule has 1 saturated carbocycles. The van der Waals surface area contributed by atoms with Gasteiger partial charge >= 0.3 is 0 Å². The maximum atomic E-state index is 10.1. The molecule has 1 aromatic rings. The van der Waals surface area contributed by atoms with Crippen LogP contribution in [0.25, 0.3) is 0 Å². The van der Waals surface area contributed by atoms with Crippen LogP contribution in [-0.2, 0) is 10.2 Å². The van der Waals surface area contributed by atoms with Crippen LogP contribution < -0.4 is 4.74 Å². The molecule has 0 heterocycles. The van der Waals surface area contributed by atoms with Gasteiger partial charge in [-0.05, 0) is 30.5 Å². The first-order valence-electron chi connectivity index (χ1n) is 4.99. The molecule has 1 aromatic carbocycles. The number of methoxy groups -OCH3 is 1. The Labute approximate surface area is 88.8 Å². The monoisotopic (exact) mass is 203 g/mol. The number of carbonyl (C=O) groups excluding carboxylic acids is 1. The summed E-state index contributed by atoms with van der Waals surface area (Å²) in [7, 11) is 1.65. The van der Waals surface area contributed by atoms with E-state index in [9.17, 15) is 4.79 Å². The molecule has 0 aliphatic heterocycles. The first kappa shape index (κ1) is 9.94. The molecule has 3 heteroatoms. The molecule has 0 amide bonds. The molecule has 0 saturated heterocycles. The zero-order valence-electron chi connectivity index (χ0n) is 8.69. The molecular weight excluding hydrogens is 190 g/mol. The second-order valence-electron chi connectivity index (χ2n) is 3.92. The molecule has 2 rings (SSSR count). The lowest BCUT2D eigenvalue weighted by molar-refractivity contribution is 0.414. The molecule has 0 unspecified atom stereocenters. The molecule has 0 aromatic heterocycles. The average molecular weight is 203 g/mol. The van der Waals surface area contributed by atoms with Crippen molar-refractivity contribution in [1.29, 1.82) is 0 Å². The zero-order chi connectivity index (χ0) is 10.7. The van der Waals surface area contributed by atoms with E-state index in [4.69, 9.17) is 4.74 Å². The third kappa shape index (κ3) is 1.92. The number of hydrogen-bond donors (Lipinski definition) is 0. The Kier molecular flexibility index (Phi) is 2.57. The van der Waals surface area contributed by atoms with Crippen LogP contribution in [0.4, 0.5) is 0 Å². The molecule has 3 nitrogen and oxygen atoms in total. The highest BCUT2D eigenvalue weighted by Gasteiger charge is 2.44. The lowest BCUT2D eigenvalue weighted by Gasteiger charge is -2.12. The van der Waals surface area contributed by atoms with Crippen molar-refractivity contribution in [2.24, 2.45) is 4.99 Å². The molecule has 1 fully saturated rings. The van der Waals surface area contributed by atoms with Gasteiger partial charge in [-0.1, -0.05) is 12.1 Å². The average Bonchev–Trinajstić information content (AvgIpc) is 3.08. The number of benzene rings is 1. The number of rotatable bonds is 4. The Morgan fingerprint density at radius 2 is 2.07 bits per heavy atom. The van der Waals surface area contributed by atoms with Gasteiger partial charge in [0.05, 0.1) is 13.7 Å². The summed E-state index contributed by atoms with van der Waals surface area (Å²) in [6, 6.07) is 7.98. The van der Waals surface area contributed by atoms with Gasteiger partial charge in [-0.15, -0.1) is 0 Å². The first-order valence-corrected chi connectivity index (χ1v) is 4.99. The predicted octanol–water partition coefficient (Wildman–Crippen LogP) is 2.06. The van der Waals surface area contributed by atoms with E-state index in [2.05, 4.69) is 4.99 Å². The van der Waals surface area contributed by atoms with Crippen molar-refractivity contribution in [3.8, 4) is 5.75 Å². The van der Waals surface area contributed by atoms with Crippen molar-refractivity contribution in [3.63, 3.8) is 0 Å². The molecule has 0 radical (unpaired) electrons. The van der Waals surface area contributed by atoms with Crippen molar-refractivity contribution >= 4 is 6.08 Å². The third-order valence-electron chi connectivity index (χ3n) is 3.00. The van der Waals surface area contributed by atoms with Crippen molar-refractivity contribution in [2.75, 3.05) is 13.7 Å². The third-order valence-corrected chi connectivity index (χ3v) is 3.00. The van der Waals surface area contributed by atoms with E-state index < -0.39 is 0 Å². The van der Waals surface area contributed by atoms with Gasteiger partial charge in [-0.25, -0.2) is 9.79 Å². The number of aliphatic imine (C=N–C) groups is 1. The summed E-state index contributed by atoms with van der Waals surface area (Å²) in [5, 5.41) is 0. The van der Waals surface area contributed by atoms with Crippen LogP contribution in [0.5, 0.6) is 5.75 Å². The summed E-state index contributed by atoms with van der Waals surface area (Å²) in [5.74, 6) is 0.855. The van der Waals surface area contributed by atoms with Crippen LogP contribution in [0.15, 0.2) is 29.3 Å². The van der Waals surface area contributed by atoms with Gasteiger partial charge in [0.2, 0.25) is 6.08 Å². The van der Waals surface area contributed by atoms with Crippen molar-refractivity contribution in [1.82, 2.24) is 0 Å². The van der Waals surface area contributed by atoms with E-state index in [1.54, 1.807) is 13.2 Å². The zero-order valence-corrected chi connectivity index (χ0v) is 8.69. The topological polar surface area (TPSA) is 38.7 Å². The highest BCUT2D eigenvalue weighted by Crippen LogP contribution is 2.48. The Morgan fingerprint density at radius 3 is 2.53 bits per heavy atom. The van der Waals surface area contributed by atoms with Crippen LogP contribution in [0.3, 0.4) is 0 Å². The van der Waals surface area contributed by atoms with Crippen molar-refractivity contribution in [2.45, 2.75) is 18.3 Å². The van der Waals surface area contributed by atoms with Crippen LogP contribution in [0.1, 0.15) is 18.4 Å². The molecule has 0 bridgehead atoms. The second-order valence-corrected chi connectivity index (χ2v) is 3.92. The van der Waals surface area contributed by atoms with Crippen LogP contribution >= 0.6 is 0 Å². The van der Waals surface area contributed by atoms with E-state index in [0.717, 1.165) is 18.6 Å². The van der Waals surface area contributed by atoms with E-state index >= 15 is 0 Å². The fourth-order valence-electron chi connectivity index (χ4n) is 1.82. The number of ether oxygens (including phenoxy) is 1. The normalized spacial score (nSPS) is 16.6. The minimum atomic E-state index is 0.101. The SMILES string of the molecule is COc1ccc(C2(CN=C=O)CC2)cc1. The molecule has 1 aliphatic carbocycles. The second kappa shape index (κ2) is 3.87. The molecule has 15 heavy (non-hydrogen) atoms. The largest absolute Gasteiger partial charge is 0.497 e. The number of isocyanates is 1. The summed E-state index contributed by atoms with van der Waals surface area (Å²) in [5.41, 5.74) is 1.34. The smallest absolute Gasteiger partial charge is 0.234 e. The lowest BCUT2D eigenvalue weighted by atomic mass is 9.96.